The van der Waals surface area contributed by atoms with Crippen LogP contribution in [-0.2, 0) is 14.8 Å². The van der Waals surface area contributed by atoms with Crippen molar-refractivity contribution in [3.8, 4) is 5.75 Å². The lowest BCUT2D eigenvalue weighted by molar-refractivity contribution is -0.135. The van der Waals surface area contributed by atoms with E-state index in [9.17, 15) is 13.2 Å². The molecule has 0 aliphatic carbocycles. The molecule has 0 N–H and O–H groups in total. The predicted octanol–water partition coefficient (Wildman–Crippen LogP) is 4.48. The number of amides is 1. The molecule has 0 spiro atoms. The van der Waals surface area contributed by atoms with Crippen LogP contribution < -0.4 is 4.74 Å². The molecule has 7 nitrogen and oxygen atoms in total. The number of hydrogen-bond donors (Lipinski definition) is 0. The van der Waals surface area contributed by atoms with Gasteiger partial charge in [0.2, 0.25) is 10.0 Å². The molecule has 2 aliphatic heterocycles. The van der Waals surface area contributed by atoms with Gasteiger partial charge in [-0.1, -0.05) is 67.1 Å². The molecule has 2 heterocycles. The average molecular weight is 548 g/mol. The summed E-state index contributed by atoms with van der Waals surface area (Å²) in [5.74, 6) is 0.475. The van der Waals surface area contributed by atoms with Crippen LogP contribution in [0.15, 0.2) is 83.8 Å². The number of hydrogen-bond acceptors (Lipinski definition) is 5. The van der Waals surface area contributed by atoms with Crippen LogP contribution in [0.2, 0.25) is 0 Å². The molecular formula is C31H37N3O4S. The van der Waals surface area contributed by atoms with E-state index in [2.05, 4.69) is 53.4 Å². The summed E-state index contributed by atoms with van der Waals surface area (Å²) in [5, 5.41) is 0. The number of piperidine rings is 1. The van der Waals surface area contributed by atoms with Gasteiger partial charge < -0.3 is 9.64 Å². The number of ether oxygens (including phenoxy) is 1. The second-order valence-electron chi connectivity index (χ2n) is 10.3. The van der Waals surface area contributed by atoms with Crippen molar-refractivity contribution in [2.75, 3.05) is 45.9 Å². The Bertz CT molecular complexity index is 1310. The molecule has 3 aromatic carbocycles. The zero-order valence-corrected chi connectivity index (χ0v) is 23.4. The minimum atomic E-state index is -3.50. The summed E-state index contributed by atoms with van der Waals surface area (Å²) >= 11 is 0. The maximum atomic E-state index is 13.0. The van der Waals surface area contributed by atoms with Crippen LogP contribution in [0.3, 0.4) is 0 Å². The summed E-state index contributed by atoms with van der Waals surface area (Å²) in [7, 11) is -3.50. The molecule has 2 aliphatic rings. The number of benzene rings is 3. The number of aryl methyl sites for hydroxylation is 1. The van der Waals surface area contributed by atoms with Crippen LogP contribution in [0.4, 0.5) is 0 Å². The summed E-state index contributed by atoms with van der Waals surface area (Å²) in [6, 6.07) is 26.0. The Balaban J connectivity index is 1.18. The fourth-order valence-electron chi connectivity index (χ4n) is 5.54. The Morgan fingerprint density at radius 3 is 1.95 bits per heavy atom. The monoisotopic (exact) mass is 547 g/mol. The molecule has 0 aromatic heterocycles. The van der Waals surface area contributed by atoms with Crippen LogP contribution >= 0.6 is 0 Å². The second kappa shape index (κ2) is 12.3. The molecule has 1 amide bonds. The Morgan fingerprint density at radius 2 is 1.38 bits per heavy atom. The second-order valence-corrected chi connectivity index (χ2v) is 12.3. The van der Waals surface area contributed by atoms with Gasteiger partial charge in [-0.15, -0.1) is 0 Å². The number of rotatable bonds is 8. The van der Waals surface area contributed by atoms with E-state index in [0.29, 0.717) is 37.5 Å². The lowest BCUT2D eigenvalue weighted by atomic mass is 9.96. The zero-order chi connectivity index (χ0) is 27.2. The number of carbonyl (C=O) groups is 1. The van der Waals surface area contributed by atoms with Crippen molar-refractivity contribution in [3.63, 3.8) is 0 Å². The van der Waals surface area contributed by atoms with Crippen molar-refractivity contribution in [1.29, 1.82) is 0 Å². The van der Waals surface area contributed by atoms with Crippen molar-refractivity contribution in [2.24, 2.45) is 0 Å². The quantitative estimate of drug-likeness (QED) is 0.416. The van der Waals surface area contributed by atoms with Gasteiger partial charge in [-0.2, -0.15) is 4.31 Å². The number of piperazine rings is 1. The highest BCUT2D eigenvalue weighted by molar-refractivity contribution is 7.89. The number of carbonyl (C=O) groups excluding carboxylic acids is 1. The highest BCUT2D eigenvalue weighted by Crippen LogP contribution is 2.30. The molecule has 206 valence electrons. The van der Waals surface area contributed by atoms with Gasteiger partial charge in [-0.05, 0) is 54.7 Å². The molecule has 5 rings (SSSR count). The smallest absolute Gasteiger partial charge is 0.260 e. The molecule has 39 heavy (non-hydrogen) atoms. The maximum Gasteiger partial charge on any atom is 0.260 e. The minimum absolute atomic E-state index is 0.0602. The Morgan fingerprint density at radius 1 is 0.795 bits per heavy atom. The first kappa shape index (κ1) is 27.4. The SMILES string of the molecule is Cc1cc(S(=O)(=O)N2CCCCC2)ccc1OCC(=O)N1CCN(C(c2ccccc2)c2ccccc2)CC1. The van der Waals surface area contributed by atoms with E-state index in [4.69, 9.17) is 4.74 Å². The van der Waals surface area contributed by atoms with E-state index in [1.165, 1.54) is 11.1 Å². The molecule has 2 fully saturated rings. The van der Waals surface area contributed by atoms with Crippen LogP contribution in [0.25, 0.3) is 0 Å². The van der Waals surface area contributed by atoms with Gasteiger partial charge in [0.05, 0.1) is 10.9 Å². The summed E-state index contributed by atoms with van der Waals surface area (Å²) in [4.78, 5) is 17.6. The molecular weight excluding hydrogens is 510 g/mol. The highest BCUT2D eigenvalue weighted by Gasteiger charge is 2.29. The Hall–Kier alpha value is -3.20. The molecule has 0 radical (unpaired) electrons. The van der Waals surface area contributed by atoms with Crippen molar-refractivity contribution in [1.82, 2.24) is 14.1 Å². The van der Waals surface area contributed by atoms with Crippen LogP contribution in [0, 0.1) is 6.92 Å². The normalized spacial score (nSPS) is 17.3. The maximum absolute atomic E-state index is 13.0. The highest BCUT2D eigenvalue weighted by atomic mass is 32.2. The lowest BCUT2D eigenvalue weighted by Gasteiger charge is -2.39. The Kier molecular flexibility index (Phi) is 8.65. The van der Waals surface area contributed by atoms with Crippen molar-refractivity contribution in [3.05, 3.63) is 95.6 Å². The van der Waals surface area contributed by atoms with Gasteiger partial charge in [-0.25, -0.2) is 8.42 Å². The summed E-state index contributed by atoms with van der Waals surface area (Å²) < 4.78 is 33.4. The fraction of sp³-hybridized carbons (Fsp3) is 0.387. The van der Waals surface area contributed by atoms with E-state index in [-0.39, 0.29) is 23.5 Å². The first-order valence-corrected chi connectivity index (χ1v) is 15.2. The first-order valence-electron chi connectivity index (χ1n) is 13.8. The van der Waals surface area contributed by atoms with E-state index in [1.54, 1.807) is 22.5 Å². The standard InChI is InChI=1S/C31H37N3O4S/c1-25-23-28(39(36,37)34-17-9-4-10-18-34)15-16-29(25)38-24-30(35)32-19-21-33(22-20-32)31(26-11-5-2-6-12-26)27-13-7-3-8-14-27/h2-3,5-8,11-16,23,31H,4,9-10,17-22,24H2,1H3. The molecule has 3 aromatic rings. The van der Waals surface area contributed by atoms with Crippen LogP contribution in [0.1, 0.15) is 42.0 Å². The topological polar surface area (TPSA) is 70.2 Å². The minimum Gasteiger partial charge on any atom is -0.483 e. The van der Waals surface area contributed by atoms with Gasteiger partial charge in [0.15, 0.2) is 6.61 Å². The molecule has 8 heteroatoms. The van der Waals surface area contributed by atoms with Crippen molar-refractivity contribution >= 4 is 15.9 Å². The molecule has 0 atom stereocenters. The van der Waals surface area contributed by atoms with Crippen LogP contribution in [0.5, 0.6) is 5.75 Å². The predicted molar refractivity (Wildman–Crippen MR) is 152 cm³/mol. The summed E-state index contributed by atoms with van der Waals surface area (Å²) in [6.07, 6.45) is 2.87. The van der Waals surface area contributed by atoms with Crippen LogP contribution in [-0.4, -0.2) is 74.3 Å². The van der Waals surface area contributed by atoms with E-state index >= 15 is 0 Å². The van der Waals surface area contributed by atoms with Gasteiger partial charge >= 0.3 is 0 Å². The first-order chi connectivity index (χ1) is 18.9. The van der Waals surface area contributed by atoms with Gasteiger partial charge in [0.25, 0.3) is 5.91 Å². The third-order valence-electron chi connectivity index (χ3n) is 7.71. The van der Waals surface area contributed by atoms with Gasteiger partial charge in [0, 0.05) is 39.3 Å². The lowest BCUT2D eigenvalue weighted by Crippen LogP contribution is -2.51. The summed E-state index contributed by atoms with van der Waals surface area (Å²) in [6.45, 7) is 5.68. The van der Waals surface area contributed by atoms with E-state index in [0.717, 1.165) is 32.4 Å². The summed E-state index contributed by atoms with van der Waals surface area (Å²) in [5.41, 5.74) is 3.19. The number of nitrogens with zero attached hydrogens (tertiary/aromatic N) is 3. The zero-order valence-electron chi connectivity index (χ0n) is 22.5. The molecule has 0 bridgehead atoms. The molecule has 0 unspecified atom stereocenters. The third-order valence-corrected chi connectivity index (χ3v) is 9.61. The third kappa shape index (κ3) is 6.35. The fourth-order valence-corrected chi connectivity index (χ4v) is 7.15. The Labute approximate surface area is 232 Å². The van der Waals surface area contributed by atoms with Crippen molar-refractivity contribution < 1.29 is 17.9 Å². The van der Waals surface area contributed by atoms with Gasteiger partial charge in [0.1, 0.15) is 5.75 Å². The molecule has 0 saturated carbocycles. The number of sulfonamides is 1. The van der Waals surface area contributed by atoms with E-state index < -0.39 is 10.0 Å². The average Bonchev–Trinajstić information content (AvgIpc) is 2.98. The molecule has 2 saturated heterocycles. The van der Waals surface area contributed by atoms with Gasteiger partial charge in [-0.3, -0.25) is 9.69 Å². The largest absolute Gasteiger partial charge is 0.483 e. The van der Waals surface area contributed by atoms with Crippen molar-refractivity contribution in [2.45, 2.75) is 37.1 Å². The van der Waals surface area contributed by atoms with E-state index in [1.807, 2.05) is 24.0 Å².